The van der Waals surface area contributed by atoms with Crippen LogP contribution in [0.25, 0.3) is 0 Å². The van der Waals surface area contributed by atoms with Crippen LogP contribution in [0.15, 0.2) is 24.3 Å². The monoisotopic (exact) mass is 284 g/mol. The standard InChI is InChI=1S/C14H17FO3S/c15-13-7-3-6-12(8-13)14(16)10-19(17,18)9-11-4-1-2-5-11/h3,6-8,11H,1-2,4-5,9-10H2. The van der Waals surface area contributed by atoms with E-state index in [2.05, 4.69) is 0 Å². The average Bonchev–Trinajstić information content (AvgIpc) is 2.80. The normalized spacial score (nSPS) is 16.7. The Labute approximate surface area is 112 Å². The quantitative estimate of drug-likeness (QED) is 0.781. The minimum atomic E-state index is -3.40. The number of halogens is 1. The topological polar surface area (TPSA) is 51.2 Å². The SMILES string of the molecule is O=C(CS(=O)(=O)CC1CCCC1)c1cccc(F)c1. The van der Waals surface area contributed by atoms with E-state index in [4.69, 9.17) is 0 Å². The van der Waals surface area contributed by atoms with E-state index in [0.717, 1.165) is 31.7 Å². The largest absolute Gasteiger partial charge is 0.293 e. The van der Waals surface area contributed by atoms with Gasteiger partial charge in [-0.1, -0.05) is 25.0 Å². The Bertz CT molecular complexity index is 560. The van der Waals surface area contributed by atoms with Crippen LogP contribution in [0.3, 0.4) is 0 Å². The van der Waals surface area contributed by atoms with Gasteiger partial charge in [-0.2, -0.15) is 0 Å². The second kappa shape index (κ2) is 5.82. The van der Waals surface area contributed by atoms with Gasteiger partial charge in [-0.25, -0.2) is 12.8 Å². The number of Topliss-reactive ketones (excluding diaryl/α,β-unsaturated/α-hetero) is 1. The van der Waals surface area contributed by atoms with E-state index in [-0.39, 0.29) is 17.2 Å². The molecule has 3 nitrogen and oxygen atoms in total. The highest BCUT2D eigenvalue weighted by molar-refractivity contribution is 7.92. The smallest absolute Gasteiger partial charge is 0.177 e. The second-order valence-electron chi connectivity index (χ2n) is 5.14. The molecule has 0 N–H and O–H groups in total. The number of ketones is 1. The molecule has 0 saturated heterocycles. The van der Waals surface area contributed by atoms with Crippen molar-refractivity contribution in [2.24, 2.45) is 5.92 Å². The van der Waals surface area contributed by atoms with E-state index in [1.54, 1.807) is 0 Å². The molecule has 0 bridgehead atoms. The Morgan fingerprint density at radius 2 is 1.95 bits per heavy atom. The lowest BCUT2D eigenvalue weighted by atomic mass is 10.1. The molecule has 0 radical (unpaired) electrons. The van der Waals surface area contributed by atoms with E-state index >= 15 is 0 Å². The Morgan fingerprint density at radius 3 is 2.58 bits per heavy atom. The second-order valence-corrected chi connectivity index (χ2v) is 7.25. The molecule has 1 saturated carbocycles. The summed E-state index contributed by atoms with van der Waals surface area (Å²) in [6.45, 7) is 0. The van der Waals surface area contributed by atoms with Crippen LogP contribution in [0.4, 0.5) is 4.39 Å². The van der Waals surface area contributed by atoms with E-state index in [0.29, 0.717) is 0 Å². The summed E-state index contributed by atoms with van der Waals surface area (Å²) in [6.07, 6.45) is 3.98. The highest BCUT2D eigenvalue weighted by Crippen LogP contribution is 2.26. The summed E-state index contributed by atoms with van der Waals surface area (Å²) >= 11 is 0. The predicted molar refractivity (Wildman–Crippen MR) is 71.3 cm³/mol. The number of sulfone groups is 1. The molecule has 1 aliphatic carbocycles. The summed E-state index contributed by atoms with van der Waals surface area (Å²) in [5.41, 5.74) is 0.120. The maximum absolute atomic E-state index is 13.0. The van der Waals surface area contributed by atoms with Crippen molar-refractivity contribution in [3.63, 3.8) is 0 Å². The first-order valence-electron chi connectivity index (χ1n) is 6.45. The Morgan fingerprint density at radius 1 is 1.26 bits per heavy atom. The summed E-state index contributed by atoms with van der Waals surface area (Å²) in [5, 5.41) is 0. The molecule has 1 aromatic carbocycles. The fourth-order valence-corrected chi connectivity index (χ4v) is 4.28. The molecule has 0 amide bonds. The third-order valence-corrected chi connectivity index (χ3v) is 5.14. The summed E-state index contributed by atoms with van der Waals surface area (Å²) in [6, 6.07) is 5.15. The molecule has 0 heterocycles. The number of hydrogen-bond acceptors (Lipinski definition) is 3. The molecule has 5 heteroatoms. The molecular weight excluding hydrogens is 267 g/mol. The van der Waals surface area contributed by atoms with Gasteiger partial charge in [-0.3, -0.25) is 4.79 Å². The molecular formula is C14H17FO3S. The van der Waals surface area contributed by atoms with Crippen molar-refractivity contribution in [1.29, 1.82) is 0 Å². The van der Waals surface area contributed by atoms with Crippen molar-refractivity contribution in [3.8, 4) is 0 Å². The molecule has 1 aromatic rings. The lowest BCUT2D eigenvalue weighted by molar-refractivity contribution is 0.102. The molecule has 0 atom stereocenters. The van der Waals surface area contributed by atoms with Gasteiger partial charge in [-0.05, 0) is 30.9 Å². The molecule has 19 heavy (non-hydrogen) atoms. The van der Waals surface area contributed by atoms with Crippen molar-refractivity contribution in [3.05, 3.63) is 35.6 Å². The van der Waals surface area contributed by atoms with Crippen LogP contribution >= 0.6 is 0 Å². The van der Waals surface area contributed by atoms with Gasteiger partial charge >= 0.3 is 0 Å². The zero-order chi connectivity index (χ0) is 13.9. The first kappa shape index (κ1) is 14.2. The van der Waals surface area contributed by atoms with Gasteiger partial charge in [-0.15, -0.1) is 0 Å². The molecule has 104 valence electrons. The van der Waals surface area contributed by atoms with Crippen LogP contribution < -0.4 is 0 Å². The van der Waals surface area contributed by atoms with Crippen molar-refractivity contribution < 1.29 is 17.6 Å². The predicted octanol–water partition coefficient (Wildman–Crippen LogP) is 2.61. The first-order valence-corrected chi connectivity index (χ1v) is 8.27. The van der Waals surface area contributed by atoms with Crippen LogP contribution in [-0.2, 0) is 9.84 Å². The molecule has 0 aliphatic heterocycles. The van der Waals surface area contributed by atoms with Crippen LogP contribution in [-0.4, -0.2) is 25.7 Å². The highest BCUT2D eigenvalue weighted by atomic mass is 32.2. The maximum Gasteiger partial charge on any atom is 0.177 e. The molecule has 1 aliphatic rings. The zero-order valence-electron chi connectivity index (χ0n) is 10.6. The first-order chi connectivity index (χ1) is 8.96. The van der Waals surface area contributed by atoms with Crippen molar-refractivity contribution in [2.75, 3.05) is 11.5 Å². The van der Waals surface area contributed by atoms with Gasteiger partial charge in [0.05, 0.1) is 5.75 Å². The van der Waals surface area contributed by atoms with E-state index in [1.165, 1.54) is 18.2 Å². The van der Waals surface area contributed by atoms with Gasteiger partial charge in [0.15, 0.2) is 15.6 Å². The Hall–Kier alpha value is -1.23. The van der Waals surface area contributed by atoms with Gasteiger partial charge in [0.25, 0.3) is 0 Å². The van der Waals surface area contributed by atoms with Crippen LogP contribution in [0.2, 0.25) is 0 Å². The molecule has 0 aromatic heterocycles. The summed E-state index contributed by atoms with van der Waals surface area (Å²) in [5.74, 6) is -1.32. The number of carbonyl (C=O) groups excluding carboxylic acids is 1. The number of benzene rings is 1. The minimum Gasteiger partial charge on any atom is -0.293 e. The maximum atomic E-state index is 13.0. The minimum absolute atomic E-state index is 0.0774. The number of rotatable bonds is 5. The summed E-state index contributed by atoms with van der Waals surface area (Å²) in [7, 11) is -3.40. The zero-order valence-corrected chi connectivity index (χ0v) is 11.5. The third kappa shape index (κ3) is 4.13. The molecule has 0 spiro atoms. The van der Waals surface area contributed by atoms with Crippen molar-refractivity contribution >= 4 is 15.6 Å². The summed E-state index contributed by atoms with van der Waals surface area (Å²) < 4.78 is 36.9. The average molecular weight is 284 g/mol. The fraction of sp³-hybridized carbons (Fsp3) is 0.500. The lowest BCUT2D eigenvalue weighted by Gasteiger charge is -2.09. The Kier molecular flexibility index (Phi) is 4.34. The van der Waals surface area contributed by atoms with Crippen LogP contribution in [0, 0.1) is 11.7 Å². The number of hydrogen-bond donors (Lipinski definition) is 0. The van der Waals surface area contributed by atoms with E-state index < -0.39 is 27.2 Å². The van der Waals surface area contributed by atoms with Crippen LogP contribution in [0.5, 0.6) is 0 Å². The van der Waals surface area contributed by atoms with Crippen LogP contribution in [0.1, 0.15) is 36.0 Å². The fourth-order valence-electron chi connectivity index (χ4n) is 2.54. The van der Waals surface area contributed by atoms with E-state index in [1.807, 2.05) is 0 Å². The van der Waals surface area contributed by atoms with Gasteiger partial charge in [0.1, 0.15) is 11.6 Å². The third-order valence-electron chi connectivity index (χ3n) is 3.46. The Balaban J connectivity index is 2.01. The van der Waals surface area contributed by atoms with Gasteiger partial charge in [0.2, 0.25) is 0 Å². The van der Waals surface area contributed by atoms with Gasteiger partial charge < -0.3 is 0 Å². The summed E-state index contributed by atoms with van der Waals surface area (Å²) in [4.78, 5) is 11.8. The lowest BCUT2D eigenvalue weighted by Crippen LogP contribution is -2.22. The molecule has 0 unspecified atom stereocenters. The van der Waals surface area contributed by atoms with Crippen molar-refractivity contribution in [2.45, 2.75) is 25.7 Å². The highest BCUT2D eigenvalue weighted by Gasteiger charge is 2.25. The van der Waals surface area contributed by atoms with Gasteiger partial charge in [0, 0.05) is 5.56 Å². The molecule has 1 fully saturated rings. The van der Waals surface area contributed by atoms with E-state index in [9.17, 15) is 17.6 Å². The van der Waals surface area contributed by atoms with Crippen molar-refractivity contribution in [1.82, 2.24) is 0 Å². The molecule has 2 rings (SSSR count). The number of carbonyl (C=O) groups is 1.